The molecule has 0 unspecified atom stereocenters. The Morgan fingerprint density at radius 3 is 2.28 bits per heavy atom. The summed E-state index contributed by atoms with van der Waals surface area (Å²) in [5.41, 5.74) is 4.34. The Kier molecular flexibility index (Phi) is 9.62. The number of carbonyl (C=O) groups is 1. The molecule has 158 valence electrons. The van der Waals surface area contributed by atoms with E-state index in [9.17, 15) is 4.79 Å². The number of benzene rings is 2. The lowest BCUT2D eigenvalue weighted by atomic mass is 9.84. The number of nitrogens with one attached hydrogen (secondary N) is 2. The van der Waals surface area contributed by atoms with Gasteiger partial charge in [-0.2, -0.15) is 0 Å². The fourth-order valence-corrected chi connectivity index (χ4v) is 2.90. The summed E-state index contributed by atoms with van der Waals surface area (Å²) in [5.74, 6) is 0.768. The summed E-state index contributed by atoms with van der Waals surface area (Å²) >= 11 is 0. The van der Waals surface area contributed by atoms with Gasteiger partial charge in [0, 0.05) is 45.2 Å². The normalized spacial score (nSPS) is 11.4. The van der Waals surface area contributed by atoms with E-state index in [1.807, 2.05) is 24.3 Å². The molecule has 0 aliphatic carbocycles. The maximum Gasteiger partial charge on any atom is 0.253 e. The number of amides is 1. The lowest BCUT2D eigenvalue weighted by Gasteiger charge is -2.27. The van der Waals surface area contributed by atoms with Gasteiger partial charge in [0.15, 0.2) is 5.96 Å². The molecule has 2 aromatic carbocycles. The summed E-state index contributed by atoms with van der Waals surface area (Å²) in [7, 11) is 5.28. The highest BCUT2D eigenvalue weighted by molar-refractivity contribution is 14.0. The molecule has 6 heteroatoms. The first-order chi connectivity index (χ1) is 13.2. The Labute approximate surface area is 192 Å². The van der Waals surface area contributed by atoms with Crippen LogP contribution in [0.5, 0.6) is 0 Å². The first-order valence-electron chi connectivity index (χ1n) is 9.55. The summed E-state index contributed by atoms with van der Waals surface area (Å²) in [6.07, 6.45) is 0. The van der Waals surface area contributed by atoms with Crippen molar-refractivity contribution < 1.29 is 4.79 Å². The van der Waals surface area contributed by atoms with Crippen LogP contribution in [0.15, 0.2) is 53.5 Å². The molecular weight excluding hydrogens is 475 g/mol. The van der Waals surface area contributed by atoms with E-state index in [1.54, 1.807) is 26.0 Å². The summed E-state index contributed by atoms with van der Waals surface area (Å²) in [6.45, 7) is 7.98. The molecule has 5 nitrogen and oxygen atoms in total. The van der Waals surface area contributed by atoms with Crippen molar-refractivity contribution >= 4 is 35.8 Å². The second-order valence-electron chi connectivity index (χ2n) is 7.93. The number of hydrogen-bond donors (Lipinski definition) is 2. The van der Waals surface area contributed by atoms with Crippen LogP contribution < -0.4 is 10.6 Å². The molecule has 0 bridgehead atoms. The van der Waals surface area contributed by atoms with Gasteiger partial charge in [0.1, 0.15) is 0 Å². The van der Waals surface area contributed by atoms with Crippen molar-refractivity contribution in [2.75, 3.05) is 27.7 Å². The average Bonchev–Trinajstić information content (AvgIpc) is 2.68. The van der Waals surface area contributed by atoms with Crippen molar-refractivity contribution in [2.24, 2.45) is 4.99 Å². The topological polar surface area (TPSA) is 56.7 Å². The molecule has 0 spiro atoms. The third-order valence-electron chi connectivity index (χ3n) is 4.79. The Bertz CT molecular complexity index is 829. The van der Waals surface area contributed by atoms with E-state index < -0.39 is 0 Å². The van der Waals surface area contributed by atoms with Crippen LogP contribution in [0.1, 0.15) is 40.9 Å². The van der Waals surface area contributed by atoms with Crippen LogP contribution in [0.25, 0.3) is 0 Å². The molecule has 0 radical (unpaired) electrons. The quantitative estimate of drug-likeness (QED) is 0.353. The summed E-state index contributed by atoms with van der Waals surface area (Å²) < 4.78 is 0. The van der Waals surface area contributed by atoms with Crippen molar-refractivity contribution in [3.05, 3.63) is 70.8 Å². The van der Waals surface area contributed by atoms with Gasteiger partial charge < -0.3 is 15.5 Å². The second kappa shape index (κ2) is 11.2. The van der Waals surface area contributed by atoms with Gasteiger partial charge in [-0.15, -0.1) is 24.0 Å². The molecular formula is C23H33IN4O. The number of aryl methyl sites for hydroxylation is 1. The van der Waals surface area contributed by atoms with Gasteiger partial charge >= 0.3 is 0 Å². The fraction of sp³-hybridized carbons (Fsp3) is 0.391. The lowest BCUT2D eigenvalue weighted by molar-refractivity contribution is 0.0827. The molecule has 2 rings (SSSR count). The van der Waals surface area contributed by atoms with Crippen molar-refractivity contribution in [3.8, 4) is 0 Å². The van der Waals surface area contributed by atoms with Gasteiger partial charge in [0.25, 0.3) is 5.91 Å². The Morgan fingerprint density at radius 2 is 1.72 bits per heavy atom. The number of halogens is 1. The average molecular weight is 508 g/mol. The number of hydrogen-bond acceptors (Lipinski definition) is 2. The minimum absolute atomic E-state index is 0. The maximum absolute atomic E-state index is 12.0. The van der Waals surface area contributed by atoms with Crippen LogP contribution in [-0.4, -0.2) is 44.5 Å². The van der Waals surface area contributed by atoms with Crippen LogP contribution in [0.4, 0.5) is 0 Å². The van der Waals surface area contributed by atoms with E-state index in [4.69, 9.17) is 0 Å². The van der Waals surface area contributed by atoms with Crippen molar-refractivity contribution in [1.29, 1.82) is 0 Å². The fourth-order valence-electron chi connectivity index (χ4n) is 2.90. The van der Waals surface area contributed by atoms with E-state index in [0.717, 1.165) is 18.1 Å². The van der Waals surface area contributed by atoms with Gasteiger partial charge in [0.05, 0.1) is 0 Å². The summed E-state index contributed by atoms with van der Waals surface area (Å²) in [4.78, 5) is 17.9. The highest BCUT2D eigenvalue weighted by Crippen LogP contribution is 2.23. The zero-order chi connectivity index (χ0) is 20.7. The molecule has 0 saturated heterocycles. The first-order valence-corrected chi connectivity index (χ1v) is 9.55. The predicted octanol–water partition coefficient (Wildman–Crippen LogP) is 3.96. The monoisotopic (exact) mass is 508 g/mol. The molecule has 0 aliphatic heterocycles. The number of nitrogens with zero attached hydrogens (tertiary/aromatic N) is 2. The number of carbonyl (C=O) groups excluding carboxylic acids is 1. The van der Waals surface area contributed by atoms with Crippen molar-refractivity contribution in [1.82, 2.24) is 15.5 Å². The minimum Gasteiger partial charge on any atom is -0.356 e. The van der Waals surface area contributed by atoms with Gasteiger partial charge in [0.2, 0.25) is 0 Å². The molecule has 0 atom stereocenters. The predicted molar refractivity (Wildman–Crippen MR) is 132 cm³/mol. The van der Waals surface area contributed by atoms with E-state index in [0.29, 0.717) is 12.1 Å². The van der Waals surface area contributed by atoms with Crippen LogP contribution in [0.3, 0.4) is 0 Å². The second-order valence-corrected chi connectivity index (χ2v) is 7.93. The van der Waals surface area contributed by atoms with Gasteiger partial charge in [-0.3, -0.25) is 9.79 Å². The SMILES string of the molecule is CN=C(NCc1ccc(C(=O)N(C)C)cc1)NCC(C)(C)c1cccc(C)c1.I. The lowest BCUT2D eigenvalue weighted by Crippen LogP contribution is -2.43. The molecule has 0 aliphatic rings. The van der Waals surface area contributed by atoms with Crippen LogP contribution in [0.2, 0.25) is 0 Å². The zero-order valence-electron chi connectivity index (χ0n) is 18.2. The van der Waals surface area contributed by atoms with Crippen molar-refractivity contribution in [3.63, 3.8) is 0 Å². The van der Waals surface area contributed by atoms with Crippen LogP contribution in [0, 0.1) is 6.92 Å². The zero-order valence-corrected chi connectivity index (χ0v) is 20.6. The van der Waals surface area contributed by atoms with E-state index in [1.165, 1.54) is 11.1 Å². The van der Waals surface area contributed by atoms with Crippen molar-refractivity contribution in [2.45, 2.75) is 32.7 Å². The molecule has 2 N–H and O–H groups in total. The minimum atomic E-state index is -0.0160. The summed E-state index contributed by atoms with van der Waals surface area (Å²) in [6, 6.07) is 16.3. The maximum atomic E-state index is 12.0. The Hall–Kier alpha value is -2.09. The number of rotatable bonds is 6. The smallest absolute Gasteiger partial charge is 0.253 e. The molecule has 0 aromatic heterocycles. The number of aliphatic imine (C=N–C) groups is 1. The standard InChI is InChI=1S/C23H32N4O.HI/c1-17-8-7-9-20(14-17)23(2,3)16-26-22(24-4)25-15-18-10-12-19(13-11-18)21(28)27(5)6;/h7-14H,15-16H2,1-6H3,(H2,24,25,26);1H. The molecule has 2 aromatic rings. The van der Waals surface area contributed by atoms with E-state index in [2.05, 4.69) is 60.7 Å². The third kappa shape index (κ3) is 7.34. The molecule has 0 fully saturated rings. The van der Waals surface area contributed by atoms with Gasteiger partial charge in [-0.05, 0) is 30.2 Å². The Balaban J connectivity index is 0.00000420. The highest BCUT2D eigenvalue weighted by atomic mass is 127. The largest absolute Gasteiger partial charge is 0.356 e. The Morgan fingerprint density at radius 1 is 1.07 bits per heavy atom. The molecule has 0 saturated carbocycles. The highest BCUT2D eigenvalue weighted by Gasteiger charge is 2.21. The molecule has 1 amide bonds. The molecule has 29 heavy (non-hydrogen) atoms. The number of guanidine groups is 1. The summed E-state index contributed by atoms with van der Waals surface area (Å²) in [5, 5.41) is 6.76. The van der Waals surface area contributed by atoms with Crippen LogP contribution in [-0.2, 0) is 12.0 Å². The van der Waals surface area contributed by atoms with Gasteiger partial charge in [-0.1, -0.05) is 55.8 Å². The third-order valence-corrected chi connectivity index (χ3v) is 4.79. The van der Waals surface area contributed by atoms with Crippen LogP contribution >= 0.6 is 24.0 Å². The van der Waals surface area contributed by atoms with E-state index in [-0.39, 0.29) is 35.3 Å². The van der Waals surface area contributed by atoms with E-state index >= 15 is 0 Å². The van der Waals surface area contributed by atoms with Gasteiger partial charge in [-0.25, -0.2) is 0 Å². The molecule has 0 heterocycles. The first kappa shape index (κ1) is 24.9.